The van der Waals surface area contributed by atoms with Gasteiger partial charge in [-0.15, -0.1) is 0 Å². The Kier molecular flexibility index (Phi) is 16.3. The molecular weight excluding hydrogens is 608 g/mol. The highest BCUT2D eigenvalue weighted by Gasteiger charge is 2.59. The molecule has 4 fully saturated rings. The molecule has 1 aromatic heterocycles. The molecule has 0 aliphatic heterocycles. The van der Waals surface area contributed by atoms with Crippen LogP contribution in [0.4, 0.5) is 5.69 Å². The highest BCUT2D eigenvalue weighted by Crippen LogP contribution is 2.67. The number of carbonyl (C=O) groups excluding carboxylic acids is 1. The second kappa shape index (κ2) is 19.1. The molecule has 1 heterocycles. The van der Waals surface area contributed by atoms with Crippen LogP contribution in [0.3, 0.4) is 0 Å². The summed E-state index contributed by atoms with van der Waals surface area (Å²) >= 11 is 0. The minimum Gasteiger partial charge on any atom is -0.481 e. The fourth-order valence-electron chi connectivity index (χ4n) is 9.69. The number of nitrogens with two attached hydrogens (primary N) is 1. The molecule has 6 unspecified atom stereocenters. The van der Waals surface area contributed by atoms with Crippen molar-refractivity contribution >= 4 is 34.6 Å². The molecule has 1 amide bonds. The Labute approximate surface area is 288 Å². The Balaban J connectivity index is 0.000000296. The summed E-state index contributed by atoms with van der Waals surface area (Å²) in [5, 5.41) is 26.8. The number of nitrogens with zero attached hydrogens (tertiary/aromatic N) is 2. The third-order valence-electron chi connectivity index (χ3n) is 11.8. The first-order chi connectivity index (χ1) is 22.9. The van der Waals surface area contributed by atoms with E-state index in [0.717, 1.165) is 54.9 Å². The van der Waals surface area contributed by atoms with Crippen molar-refractivity contribution in [3.05, 3.63) is 17.7 Å². The van der Waals surface area contributed by atoms with E-state index in [1.54, 1.807) is 0 Å². The number of aryl methyl sites for hydroxylation is 1. The first kappa shape index (κ1) is 41.0. The largest absolute Gasteiger partial charge is 0.481 e. The third kappa shape index (κ3) is 9.94. The summed E-state index contributed by atoms with van der Waals surface area (Å²) in [6.07, 6.45) is 17.0. The monoisotopic (exact) mass is 672 g/mol. The summed E-state index contributed by atoms with van der Waals surface area (Å²) in [5.41, 5.74) is 9.13. The lowest BCUT2D eigenvalue weighted by Crippen LogP contribution is -2.52. The van der Waals surface area contributed by atoms with E-state index < -0.39 is 17.8 Å². The van der Waals surface area contributed by atoms with Crippen LogP contribution in [0.2, 0.25) is 0 Å². The van der Waals surface area contributed by atoms with Gasteiger partial charge in [0.15, 0.2) is 5.52 Å². The van der Waals surface area contributed by atoms with E-state index in [1.807, 2.05) is 46.8 Å². The summed E-state index contributed by atoms with van der Waals surface area (Å²) in [4.78, 5) is 30.5. The van der Waals surface area contributed by atoms with Crippen LogP contribution in [0.25, 0.3) is 11.0 Å². The highest BCUT2D eigenvalue weighted by molar-refractivity contribution is 5.91. The number of primary amides is 1. The van der Waals surface area contributed by atoms with Gasteiger partial charge in [0.1, 0.15) is 5.52 Å². The number of benzene rings is 1. The lowest BCUT2D eigenvalue weighted by molar-refractivity contribution is -0.137. The number of rotatable bonds is 7. The fraction of sp³-hybridized carbons (Fsp3) is 0.763. The summed E-state index contributed by atoms with van der Waals surface area (Å²) in [7, 11) is 0. The van der Waals surface area contributed by atoms with E-state index in [2.05, 4.69) is 34.1 Å². The molecule has 0 saturated heterocycles. The standard InChI is InChI=1S/C23H38O2.C9H10N4O2.C2H4O2.2C2H6/c1-22-14-4-3-6-16(22)9-11-18-19-12-10-17(7-5-8-21(24)25)23(19,2)15-13-20(18)22;1-5-2-3-6(11-4-7(10)14)9-8(5)12-15-13-9;1-2(3)4;2*1-2/h16-20H,3-15H2,1-2H3,(H,24,25);2-3,11H,4H2,1H3,(H2,10,14);1H3,(H,3,4);2*1-2H3/t16-,17?,18?,19?,20?,22?,23?;;;;/m0..../s1. The molecule has 10 heteroatoms. The molecule has 0 bridgehead atoms. The van der Waals surface area contributed by atoms with Gasteiger partial charge >= 0.3 is 5.97 Å². The number of anilines is 1. The number of aromatic nitrogens is 2. The molecule has 6 rings (SSSR count). The average molecular weight is 673 g/mol. The van der Waals surface area contributed by atoms with Gasteiger partial charge in [0.25, 0.3) is 5.97 Å². The van der Waals surface area contributed by atoms with Gasteiger partial charge in [-0.25, -0.2) is 4.63 Å². The highest BCUT2D eigenvalue weighted by atomic mass is 16.6. The van der Waals surface area contributed by atoms with E-state index in [1.165, 1.54) is 64.2 Å². The SMILES string of the molecule is CC.CC.CC(=O)O.CC12CCC3C(CC[C@@H]4CCCCC34C)C1CCC2CCCC(=O)O.Cc1ccc(NCC(N)=O)c2nonc12. The minimum absolute atomic E-state index is 0.0605. The van der Waals surface area contributed by atoms with E-state index >= 15 is 0 Å². The number of carboxylic acids is 2. The molecule has 7 atom stereocenters. The van der Waals surface area contributed by atoms with E-state index in [9.17, 15) is 9.59 Å². The van der Waals surface area contributed by atoms with Gasteiger partial charge in [0.2, 0.25) is 5.91 Å². The quantitative estimate of drug-likeness (QED) is 0.224. The van der Waals surface area contributed by atoms with Crippen LogP contribution in [0.5, 0.6) is 0 Å². The van der Waals surface area contributed by atoms with Gasteiger partial charge in [-0.1, -0.05) is 60.5 Å². The minimum atomic E-state index is -0.833. The Morgan fingerprint density at radius 3 is 2.19 bits per heavy atom. The van der Waals surface area contributed by atoms with E-state index in [0.29, 0.717) is 34.0 Å². The lowest BCUT2D eigenvalue weighted by Gasteiger charge is -2.60. The molecule has 48 heavy (non-hydrogen) atoms. The molecule has 1 aromatic carbocycles. The van der Waals surface area contributed by atoms with Crippen LogP contribution < -0.4 is 11.1 Å². The predicted molar refractivity (Wildman–Crippen MR) is 192 cm³/mol. The van der Waals surface area contributed by atoms with E-state index in [-0.39, 0.29) is 6.54 Å². The summed E-state index contributed by atoms with van der Waals surface area (Å²) in [6, 6.07) is 3.68. The molecule has 0 radical (unpaired) electrons. The first-order valence-electron chi connectivity index (χ1n) is 18.5. The Hall–Kier alpha value is -3.17. The van der Waals surface area contributed by atoms with Gasteiger partial charge in [-0.3, -0.25) is 14.4 Å². The average Bonchev–Trinajstić information content (AvgIpc) is 3.68. The van der Waals surface area contributed by atoms with E-state index in [4.69, 9.17) is 20.7 Å². The number of aliphatic carboxylic acids is 2. The molecule has 272 valence electrons. The predicted octanol–water partition coefficient (Wildman–Crippen LogP) is 8.86. The molecule has 4 aliphatic carbocycles. The zero-order valence-corrected chi connectivity index (χ0v) is 30.9. The maximum atomic E-state index is 10.9. The zero-order chi connectivity index (χ0) is 36.1. The number of nitrogens with one attached hydrogen (secondary N) is 1. The molecule has 2 aromatic rings. The van der Waals surface area contributed by atoms with Crippen molar-refractivity contribution in [2.24, 2.45) is 46.2 Å². The molecule has 5 N–H and O–H groups in total. The van der Waals surface area contributed by atoms with Crippen molar-refractivity contribution in [3.63, 3.8) is 0 Å². The molecule has 10 nitrogen and oxygen atoms in total. The van der Waals surface area contributed by atoms with Crippen molar-refractivity contribution in [2.75, 3.05) is 11.9 Å². The van der Waals surface area contributed by atoms with Crippen molar-refractivity contribution in [1.82, 2.24) is 10.3 Å². The van der Waals surface area contributed by atoms with Gasteiger partial charge in [0.05, 0.1) is 12.2 Å². The van der Waals surface area contributed by atoms with Crippen molar-refractivity contribution < 1.29 is 29.2 Å². The number of hydrogen-bond donors (Lipinski definition) is 4. The Morgan fingerprint density at radius 1 is 0.896 bits per heavy atom. The molecule has 4 aliphatic rings. The van der Waals surface area contributed by atoms with Gasteiger partial charge in [0, 0.05) is 13.3 Å². The maximum absolute atomic E-state index is 10.9. The van der Waals surface area contributed by atoms with Crippen LogP contribution in [0.15, 0.2) is 16.8 Å². The molecule has 0 spiro atoms. The van der Waals surface area contributed by atoms with Crippen LogP contribution in [0, 0.1) is 47.3 Å². The number of fused-ring (bicyclic) bond motifs is 6. The number of carbonyl (C=O) groups is 3. The number of carboxylic acid groups (broad SMARTS) is 2. The molecular formula is C38H64N4O6. The zero-order valence-electron chi connectivity index (χ0n) is 30.9. The smallest absolute Gasteiger partial charge is 0.303 e. The lowest BCUT2D eigenvalue weighted by atomic mass is 9.45. The second-order valence-electron chi connectivity index (χ2n) is 14.2. The topological polar surface area (TPSA) is 169 Å². The first-order valence-corrected chi connectivity index (χ1v) is 18.5. The summed E-state index contributed by atoms with van der Waals surface area (Å²) in [5.74, 6) is 2.81. The summed E-state index contributed by atoms with van der Waals surface area (Å²) < 4.78 is 4.64. The van der Waals surface area contributed by atoms with Crippen LogP contribution in [-0.2, 0) is 14.4 Å². The Morgan fingerprint density at radius 2 is 1.54 bits per heavy atom. The Bertz CT molecular complexity index is 1310. The van der Waals surface area contributed by atoms with Crippen LogP contribution >= 0.6 is 0 Å². The number of hydrogen-bond acceptors (Lipinski definition) is 7. The van der Waals surface area contributed by atoms with Crippen LogP contribution in [0.1, 0.15) is 138 Å². The second-order valence-corrected chi connectivity index (χ2v) is 14.2. The maximum Gasteiger partial charge on any atom is 0.303 e. The van der Waals surface area contributed by atoms with Gasteiger partial charge in [-0.05, 0) is 133 Å². The summed E-state index contributed by atoms with van der Waals surface area (Å²) in [6.45, 7) is 16.3. The van der Waals surface area contributed by atoms with Crippen molar-refractivity contribution in [2.45, 2.75) is 139 Å². The van der Waals surface area contributed by atoms with Gasteiger partial charge in [-0.2, -0.15) is 0 Å². The number of amides is 1. The fourth-order valence-corrected chi connectivity index (χ4v) is 9.69. The van der Waals surface area contributed by atoms with Crippen molar-refractivity contribution in [1.29, 1.82) is 0 Å². The van der Waals surface area contributed by atoms with Gasteiger partial charge < -0.3 is 21.3 Å². The molecule has 4 saturated carbocycles. The van der Waals surface area contributed by atoms with Crippen LogP contribution in [-0.4, -0.2) is 44.9 Å². The third-order valence-corrected chi connectivity index (χ3v) is 11.8. The normalized spacial score (nSPS) is 29.6. The van der Waals surface area contributed by atoms with Crippen molar-refractivity contribution in [3.8, 4) is 0 Å².